The SMILES string of the molecule is CC/C=C\C/C=C\C/C=C\CCCCCCCCCCCC(=O)OCC(COC(=O)CCCCCCC/C=C\CCCC)OC(=O)CCCCCCCCCCCCCCCCCCCC. The van der Waals surface area contributed by atoms with Crippen LogP contribution in [0, 0.1) is 0 Å². The molecule has 6 nitrogen and oxygen atoms in total. The van der Waals surface area contributed by atoms with E-state index >= 15 is 0 Å². The van der Waals surface area contributed by atoms with Crippen molar-refractivity contribution >= 4 is 17.9 Å². The molecule has 0 saturated carbocycles. The monoisotopic (exact) mass is 925 g/mol. The first-order chi connectivity index (χ1) is 32.5. The zero-order valence-electron chi connectivity index (χ0n) is 44.0. The standard InChI is InChI=1S/C60H108O6/c1-4-7-10-13-16-19-22-24-26-28-30-32-33-35-38-41-44-47-50-53-59(62)65-56-57(55-64-58(61)52-49-46-43-40-37-21-18-15-12-9-6-3)66-60(63)54-51-48-45-42-39-36-34-31-29-27-25-23-20-17-14-11-8-5-2/h7,10,15-16,18-19,24,26,57H,4-6,8-9,11-14,17,20-23,25,27-56H2,1-3H3/b10-7-,18-15-,19-16-,26-24-. The van der Waals surface area contributed by atoms with Crippen molar-refractivity contribution in [2.75, 3.05) is 13.2 Å². The Morgan fingerprint density at radius 2 is 0.606 bits per heavy atom. The maximum atomic E-state index is 12.8. The number of carbonyl (C=O) groups is 3. The number of carbonyl (C=O) groups excluding carboxylic acids is 3. The lowest BCUT2D eigenvalue weighted by molar-refractivity contribution is -0.167. The van der Waals surface area contributed by atoms with E-state index < -0.39 is 6.10 Å². The first-order valence-electron chi connectivity index (χ1n) is 28.6. The summed E-state index contributed by atoms with van der Waals surface area (Å²) in [5, 5.41) is 0. The largest absolute Gasteiger partial charge is 0.462 e. The number of unbranched alkanes of at least 4 members (excludes halogenated alkanes) is 33. The molecule has 0 radical (unpaired) electrons. The summed E-state index contributed by atoms with van der Waals surface area (Å²) < 4.78 is 16.9. The quantitative estimate of drug-likeness (QED) is 0.0262. The van der Waals surface area contributed by atoms with E-state index in [4.69, 9.17) is 14.2 Å². The number of allylic oxidation sites excluding steroid dienone is 8. The average Bonchev–Trinajstić information content (AvgIpc) is 3.31. The molecule has 0 rings (SSSR count). The number of ether oxygens (including phenoxy) is 3. The Kier molecular flexibility index (Phi) is 52.8. The molecule has 0 N–H and O–H groups in total. The molecule has 0 fully saturated rings. The van der Waals surface area contributed by atoms with E-state index in [1.807, 2.05) is 0 Å². The molecule has 6 heteroatoms. The van der Waals surface area contributed by atoms with Gasteiger partial charge in [0.25, 0.3) is 0 Å². The van der Waals surface area contributed by atoms with Crippen molar-refractivity contribution < 1.29 is 28.6 Å². The maximum absolute atomic E-state index is 12.8. The second kappa shape index (κ2) is 55.0. The topological polar surface area (TPSA) is 78.9 Å². The molecule has 0 aliphatic rings. The molecule has 0 amide bonds. The number of hydrogen-bond donors (Lipinski definition) is 0. The Morgan fingerprint density at radius 3 is 0.985 bits per heavy atom. The summed E-state index contributed by atoms with van der Waals surface area (Å²) >= 11 is 0. The van der Waals surface area contributed by atoms with Crippen molar-refractivity contribution in [1.82, 2.24) is 0 Å². The summed E-state index contributed by atoms with van der Waals surface area (Å²) in [5.74, 6) is -0.876. The van der Waals surface area contributed by atoms with Crippen molar-refractivity contribution in [3.63, 3.8) is 0 Å². The second-order valence-corrected chi connectivity index (χ2v) is 19.2. The summed E-state index contributed by atoms with van der Waals surface area (Å²) in [4.78, 5) is 38.1. The zero-order chi connectivity index (χ0) is 47.9. The van der Waals surface area contributed by atoms with Crippen molar-refractivity contribution in [3.8, 4) is 0 Å². The zero-order valence-corrected chi connectivity index (χ0v) is 44.0. The minimum atomic E-state index is -0.775. The molecule has 384 valence electrons. The number of esters is 3. The van der Waals surface area contributed by atoms with E-state index in [0.29, 0.717) is 19.3 Å². The fourth-order valence-electron chi connectivity index (χ4n) is 8.26. The van der Waals surface area contributed by atoms with Gasteiger partial charge in [0.05, 0.1) is 0 Å². The van der Waals surface area contributed by atoms with Gasteiger partial charge in [-0.2, -0.15) is 0 Å². The van der Waals surface area contributed by atoms with Gasteiger partial charge >= 0.3 is 17.9 Å². The number of hydrogen-bond acceptors (Lipinski definition) is 6. The van der Waals surface area contributed by atoms with E-state index in [1.165, 1.54) is 173 Å². The predicted octanol–water partition coefficient (Wildman–Crippen LogP) is 19.0. The van der Waals surface area contributed by atoms with Crippen molar-refractivity contribution in [2.45, 2.75) is 303 Å². The highest BCUT2D eigenvalue weighted by Crippen LogP contribution is 2.17. The molecule has 1 unspecified atom stereocenters. The highest BCUT2D eigenvalue weighted by molar-refractivity contribution is 5.71. The van der Waals surface area contributed by atoms with Gasteiger partial charge in [-0.05, 0) is 70.6 Å². The molecule has 66 heavy (non-hydrogen) atoms. The van der Waals surface area contributed by atoms with E-state index in [-0.39, 0.29) is 31.1 Å². The van der Waals surface area contributed by atoms with Crippen LogP contribution in [0.5, 0.6) is 0 Å². The predicted molar refractivity (Wildman–Crippen MR) is 284 cm³/mol. The maximum Gasteiger partial charge on any atom is 0.306 e. The van der Waals surface area contributed by atoms with Crippen molar-refractivity contribution in [1.29, 1.82) is 0 Å². The van der Waals surface area contributed by atoms with Crippen LogP contribution in [0.25, 0.3) is 0 Å². The van der Waals surface area contributed by atoms with Crippen LogP contribution in [-0.2, 0) is 28.6 Å². The lowest BCUT2D eigenvalue weighted by Gasteiger charge is -2.18. The summed E-state index contributed by atoms with van der Waals surface area (Å²) in [6.07, 6.45) is 66.7. The Morgan fingerprint density at radius 1 is 0.318 bits per heavy atom. The third kappa shape index (κ3) is 52.3. The molecule has 0 saturated heterocycles. The van der Waals surface area contributed by atoms with Gasteiger partial charge in [-0.25, -0.2) is 0 Å². The molecule has 0 bridgehead atoms. The number of rotatable bonds is 52. The van der Waals surface area contributed by atoms with Gasteiger partial charge in [-0.1, -0.05) is 256 Å². The highest BCUT2D eigenvalue weighted by Gasteiger charge is 2.19. The molecule has 0 aliphatic carbocycles. The summed E-state index contributed by atoms with van der Waals surface area (Å²) in [6.45, 7) is 6.52. The molecule has 0 aromatic carbocycles. The fraction of sp³-hybridized carbons (Fsp3) is 0.817. The molecular weight excluding hydrogens is 817 g/mol. The van der Waals surface area contributed by atoms with Crippen molar-refractivity contribution in [3.05, 3.63) is 48.6 Å². The van der Waals surface area contributed by atoms with E-state index in [2.05, 4.69) is 69.4 Å². The Labute approximate surface area is 409 Å². The molecule has 1 atom stereocenters. The van der Waals surface area contributed by atoms with Crippen LogP contribution in [-0.4, -0.2) is 37.2 Å². The summed E-state index contributed by atoms with van der Waals surface area (Å²) in [6, 6.07) is 0. The molecule has 0 heterocycles. The van der Waals surface area contributed by atoms with Crippen LogP contribution in [0.4, 0.5) is 0 Å². The Bertz CT molecular complexity index is 1150. The van der Waals surface area contributed by atoms with Gasteiger partial charge in [0.15, 0.2) is 6.10 Å². The van der Waals surface area contributed by atoms with Crippen LogP contribution in [0.15, 0.2) is 48.6 Å². The Hall–Kier alpha value is -2.63. The summed E-state index contributed by atoms with van der Waals surface area (Å²) in [5.41, 5.74) is 0. The van der Waals surface area contributed by atoms with Gasteiger partial charge in [0.2, 0.25) is 0 Å². The first-order valence-corrected chi connectivity index (χ1v) is 28.6. The van der Waals surface area contributed by atoms with Crippen LogP contribution in [0.2, 0.25) is 0 Å². The fourth-order valence-corrected chi connectivity index (χ4v) is 8.26. The van der Waals surface area contributed by atoms with Gasteiger partial charge in [-0.3, -0.25) is 14.4 Å². The Balaban J connectivity index is 4.30. The van der Waals surface area contributed by atoms with Gasteiger partial charge in [0.1, 0.15) is 13.2 Å². The minimum absolute atomic E-state index is 0.0757. The first kappa shape index (κ1) is 63.4. The second-order valence-electron chi connectivity index (χ2n) is 19.2. The van der Waals surface area contributed by atoms with Crippen molar-refractivity contribution in [2.24, 2.45) is 0 Å². The molecule has 0 aromatic heterocycles. The smallest absolute Gasteiger partial charge is 0.306 e. The third-order valence-electron chi connectivity index (χ3n) is 12.6. The summed E-state index contributed by atoms with van der Waals surface area (Å²) in [7, 11) is 0. The minimum Gasteiger partial charge on any atom is -0.462 e. The normalized spacial score (nSPS) is 12.3. The lowest BCUT2D eigenvalue weighted by atomic mass is 10.0. The molecular formula is C60H108O6. The van der Waals surface area contributed by atoms with Crippen LogP contribution >= 0.6 is 0 Å². The third-order valence-corrected chi connectivity index (χ3v) is 12.6. The van der Waals surface area contributed by atoms with Crippen LogP contribution in [0.3, 0.4) is 0 Å². The average molecular weight is 926 g/mol. The highest BCUT2D eigenvalue weighted by atomic mass is 16.6. The van der Waals surface area contributed by atoms with E-state index in [0.717, 1.165) is 83.5 Å². The molecule has 0 spiro atoms. The van der Waals surface area contributed by atoms with Gasteiger partial charge < -0.3 is 14.2 Å². The van der Waals surface area contributed by atoms with Crippen LogP contribution < -0.4 is 0 Å². The van der Waals surface area contributed by atoms with E-state index in [1.54, 1.807) is 0 Å². The van der Waals surface area contributed by atoms with Gasteiger partial charge in [-0.15, -0.1) is 0 Å². The molecule has 0 aliphatic heterocycles. The van der Waals surface area contributed by atoms with Crippen LogP contribution in [0.1, 0.15) is 297 Å². The van der Waals surface area contributed by atoms with E-state index in [9.17, 15) is 14.4 Å². The van der Waals surface area contributed by atoms with Gasteiger partial charge in [0, 0.05) is 19.3 Å². The molecule has 0 aromatic rings. The lowest BCUT2D eigenvalue weighted by Crippen LogP contribution is -2.30.